The van der Waals surface area contributed by atoms with Gasteiger partial charge in [-0.15, -0.1) is 0 Å². The summed E-state index contributed by atoms with van der Waals surface area (Å²) in [6.45, 7) is 0.650. The maximum absolute atomic E-state index is 9.39. The lowest BCUT2D eigenvalue weighted by atomic mass is 9.85. The van der Waals surface area contributed by atoms with Crippen molar-refractivity contribution in [2.75, 3.05) is 6.61 Å². The number of hydrogen-bond acceptors (Lipinski definition) is 3. The van der Waals surface area contributed by atoms with Gasteiger partial charge in [-0.1, -0.05) is 12.2 Å². The van der Waals surface area contributed by atoms with Crippen LogP contribution < -0.4 is 0 Å². The van der Waals surface area contributed by atoms with Crippen molar-refractivity contribution < 1.29 is 14.6 Å². The summed E-state index contributed by atoms with van der Waals surface area (Å²) in [5.74, 6) is 0.602. The fourth-order valence-corrected chi connectivity index (χ4v) is 2.32. The van der Waals surface area contributed by atoms with Crippen LogP contribution in [0.2, 0.25) is 0 Å². The largest absolute Gasteiger partial charge is 0.368 e. The van der Waals surface area contributed by atoms with Crippen molar-refractivity contribution in [3.8, 4) is 0 Å². The summed E-state index contributed by atoms with van der Waals surface area (Å²) in [5.41, 5.74) is 0. The highest BCUT2D eigenvalue weighted by Gasteiger charge is 2.53. The van der Waals surface area contributed by atoms with E-state index in [0.29, 0.717) is 12.5 Å². The maximum atomic E-state index is 9.39. The Labute approximate surface area is 64.6 Å². The van der Waals surface area contributed by atoms with Gasteiger partial charge in [0.1, 0.15) is 0 Å². The van der Waals surface area contributed by atoms with Crippen molar-refractivity contribution in [1.82, 2.24) is 0 Å². The lowest BCUT2D eigenvalue weighted by molar-refractivity contribution is -0.102. The van der Waals surface area contributed by atoms with Gasteiger partial charge in [0.25, 0.3) is 0 Å². The second kappa shape index (κ2) is 1.86. The molecule has 0 radical (unpaired) electrons. The van der Waals surface area contributed by atoms with Gasteiger partial charge in [-0.3, -0.25) is 0 Å². The minimum Gasteiger partial charge on any atom is -0.368 e. The van der Waals surface area contributed by atoms with Crippen molar-refractivity contribution in [3.63, 3.8) is 0 Å². The molecule has 0 amide bonds. The van der Waals surface area contributed by atoms with Gasteiger partial charge >= 0.3 is 0 Å². The summed E-state index contributed by atoms with van der Waals surface area (Å²) in [4.78, 5) is 0. The van der Waals surface area contributed by atoms with Gasteiger partial charge in [-0.25, -0.2) is 0 Å². The molecular weight excluding hydrogens is 144 g/mol. The Kier molecular flexibility index (Phi) is 1.04. The normalized spacial score (nSPS) is 58.8. The Balaban J connectivity index is 1.97. The molecule has 60 valence electrons. The molecule has 0 aliphatic carbocycles. The number of hydrogen-bond donors (Lipinski definition) is 1. The van der Waals surface area contributed by atoms with Crippen LogP contribution in [0.25, 0.3) is 0 Å². The molecule has 5 atom stereocenters. The first-order valence-corrected chi connectivity index (χ1v) is 4.00. The van der Waals surface area contributed by atoms with E-state index >= 15 is 0 Å². The Bertz CT molecular complexity index is 213. The highest BCUT2D eigenvalue weighted by Crippen LogP contribution is 2.44. The summed E-state index contributed by atoms with van der Waals surface area (Å²) < 4.78 is 10.7. The van der Waals surface area contributed by atoms with Gasteiger partial charge in [0.05, 0.1) is 18.8 Å². The van der Waals surface area contributed by atoms with Gasteiger partial charge in [-0.2, -0.15) is 0 Å². The summed E-state index contributed by atoms with van der Waals surface area (Å²) in [6.07, 6.45) is 3.83. The van der Waals surface area contributed by atoms with Crippen LogP contribution in [0.5, 0.6) is 0 Å². The Hall–Kier alpha value is -0.380. The molecule has 3 aliphatic heterocycles. The molecule has 0 spiro atoms. The number of rotatable bonds is 0. The Morgan fingerprint density at radius 1 is 1.27 bits per heavy atom. The summed E-state index contributed by atoms with van der Waals surface area (Å²) in [6, 6.07) is 0. The minimum atomic E-state index is -0.597. The van der Waals surface area contributed by atoms with Gasteiger partial charge in [0, 0.05) is 11.8 Å². The van der Waals surface area contributed by atoms with Crippen molar-refractivity contribution in [2.24, 2.45) is 11.8 Å². The molecule has 2 saturated heterocycles. The monoisotopic (exact) mass is 154 g/mol. The van der Waals surface area contributed by atoms with E-state index in [-0.39, 0.29) is 18.1 Å². The molecule has 1 unspecified atom stereocenters. The summed E-state index contributed by atoms with van der Waals surface area (Å²) >= 11 is 0. The first kappa shape index (κ1) is 6.17. The molecule has 3 aliphatic rings. The summed E-state index contributed by atoms with van der Waals surface area (Å²) in [7, 11) is 0. The quantitative estimate of drug-likeness (QED) is 0.495. The Morgan fingerprint density at radius 3 is 2.91 bits per heavy atom. The van der Waals surface area contributed by atoms with Crippen LogP contribution in [-0.2, 0) is 9.47 Å². The standard InChI is InChI=1S/C8H10O3/c9-8-7-4(3-10-8)5-1-2-6(7)11-5/h1-2,4-9H,3H2/t4-,5-,6+,7-,8?/m0/s1. The topological polar surface area (TPSA) is 38.7 Å². The molecule has 0 aromatic heterocycles. The SMILES string of the molecule is OC1OC[C@@H]2[C@H]1[C@H]1C=C[C@@H]2O1. The number of aliphatic hydroxyl groups excluding tert-OH is 1. The highest BCUT2D eigenvalue weighted by molar-refractivity contribution is 5.16. The average Bonchev–Trinajstić information content (AvgIpc) is 2.60. The van der Waals surface area contributed by atoms with Crippen LogP contribution in [-0.4, -0.2) is 30.2 Å². The lowest BCUT2D eigenvalue weighted by Gasteiger charge is -2.16. The first-order chi connectivity index (χ1) is 5.36. The fraction of sp³-hybridized carbons (Fsp3) is 0.750. The van der Waals surface area contributed by atoms with E-state index in [4.69, 9.17) is 9.47 Å². The van der Waals surface area contributed by atoms with Crippen LogP contribution in [0.1, 0.15) is 0 Å². The highest BCUT2D eigenvalue weighted by atomic mass is 16.6. The molecule has 2 bridgehead atoms. The molecule has 3 heteroatoms. The lowest BCUT2D eigenvalue weighted by Crippen LogP contribution is -2.27. The van der Waals surface area contributed by atoms with Crippen LogP contribution >= 0.6 is 0 Å². The molecule has 3 rings (SSSR count). The van der Waals surface area contributed by atoms with E-state index in [1.165, 1.54) is 0 Å². The second-order valence-corrected chi connectivity index (χ2v) is 3.42. The van der Waals surface area contributed by atoms with E-state index in [2.05, 4.69) is 6.08 Å². The maximum Gasteiger partial charge on any atom is 0.160 e. The van der Waals surface area contributed by atoms with E-state index in [9.17, 15) is 5.11 Å². The molecule has 11 heavy (non-hydrogen) atoms. The van der Waals surface area contributed by atoms with E-state index in [1.807, 2.05) is 6.08 Å². The zero-order valence-corrected chi connectivity index (χ0v) is 6.01. The zero-order chi connectivity index (χ0) is 7.42. The second-order valence-electron chi connectivity index (χ2n) is 3.42. The van der Waals surface area contributed by atoms with Crippen LogP contribution in [0, 0.1) is 11.8 Å². The molecule has 3 nitrogen and oxygen atoms in total. The predicted octanol–water partition coefficient (Wildman–Crippen LogP) is -0.0954. The number of aliphatic hydroxyl groups is 1. The molecule has 2 fully saturated rings. The molecule has 3 heterocycles. The van der Waals surface area contributed by atoms with Gasteiger partial charge in [0.2, 0.25) is 0 Å². The smallest absolute Gasteiger partial charge is 0.160 e. The van der Waals surface area contributed by atoms with Gasteiger partial charge < -0.3 is 14.6 Å². The number of fused-ring (bicyclic) bond motifs is 5. The summed E-state index contributed by atoms with van der Waals surface area (Å²) in [5, 5.41) is 9.39. The van der Waals surface area contributed by atoms with E-state index in [1.54, 1.807) is 0 Å². The van der Waals surface area contributed by atoms with Gasteiger partial charge in [0.15, 0.2) is 6.29 Å². The molecule has 0 saturated carbocycles. The minimum absolute atomic E-state index is 0.113. The van der Waals surface area contributed by atoms with Crippen LogP contribution in [0.3, 0.4) is 0 Å². The predicted molar refractivity (Wildman–Crippen MR) is 36.7 cm³/mol. The van der Waals surface area contributed by atoms with Crippen LogP contribution in [0.4, 0.5) is 0 Å². The molecule has 0 aromatic rings. The molecule has 0 aromatic carbocycles. The van der Waals surface area contributed by atoms with Crippen molar-refractivity contribution in [3.05, 3.63) is 12.2 Å². The third kappa shape index (κ3) is 0.637. The van der Waals surface area contributed by atoms with Crippen molar-refractivity contribution in [2.45, 2.75) is 18.5 Å². The average molecular weight is 154 g/mol. The van der Waals surface area contributed by atoms with E-state index < -0.39 is 6.29 Å². The molecule has 1 N–H and O–H groups in total. The van der Waals surface area contributed by atoms with Crippen molar-refractivity contribution >= 4 is 0 Å². The van der Waals surface area contributed by atoms with Crippen LogP contribution in [0.15, 0.2) is 12.2 Å². The van der Waals surface area contributed by atoms with E-state index in [0.717, 1.165) is 0 Å². The van der Waals surface area contributed by atoms with Crippen molar-refractivity contribution in [1.29, 1.82) is 0 Å². The molecular formula is C8H10O3. The number of ether oxygens (including phenoxy) is 2. The third-order valence-electron chi connectivity index (χ3n) is 2.89. The first-order valence-electron chi connectivity index (χ1n) is 4.00. The van der Waals surface area contributed by atoms with Gasteiger partial charge in [-0.05, 0) is 0 Å². The zero-order valence-electron chi connectivity index (χ0n) is 6.01. The Morgan fingerprint density at radius 2 is 2.09 bits per heavy atom. The fourth-order valence-electron chi connectivity index (χ4n) is 2.32. The third-order valence-corrected chi connectivity index (χ3v) is 2.89.